The Kier molecular flexibility index (Phi) is 4.16. The monoisotopic (exact) mass is 162 g/mol. The third kappa shape index (κ3) is 5.31. The number of rotatable bonds is 4. The molecular formula is C5H10N2O4. The van der Waals surface area contributed by atoms with E-state index < -0.39 is 24.5 Å². The number of carboxylic acid groups (broad SMARTS) is 1. The predicted octanol–water partition coefficient (Wildman–Crippen LogP) is -1.53. The summed E-state index contributed by atoms with van der Waals surface area (Å²) in [4.78, 5) is 24.7. The Bertz CT molecular complexity index is 157. The Morgan fingerprint density at radius 2 is 2.27 bits per heavy atom. The number of amides is 1. The molecule has 64 valence electrons. The molecule has 0 aromatic heterocycles. The van der Waals surface area contributed by atoms with Gasteiger partial charge in [0.2, 0.25) is 0 Å². The molecule has 0 aliphatic carbocycles. The molecule has 4 N–H and O–H groups in total. The highest BCUT2D eigenvalue weighted by molar-refractivity contribution is 5.80. The van der Waals surface area contributed by atoms with Crippen molar-refractivity contribution in [2.75, 3.05) is 6.61 Å². The Morgan fingerprint density at radius 3 is 2.64 bits per heavy atom. The maximum absolute atomic E-state index is 10.6. The molecule has 1 atom stereocenters. The number of hydrogen-bond donors (Lipinski definition) is 3. The zero-order valence-corrected chi connectivity index (χ0v) is 6.03. The van der Waals surface area contributed by atoms with Gasteiger partial charge in [-0.15, -0.1) is 0 Å². The fourth-order valence-electron chi connectivity index (χ4n) is 0.262. The van der Waals surface area contributed by atoms with Gasteiger partial charge in [-0.25, -0.2) is 10.3 Å². The van der Waals surface area contributed by atoms with E-state index in [2.05, 4.69) is 4.84 Å². The number of nitrogens with one attached hydrogen (secondary N) is 1. The second-order valence-corrected chi connectivity index (χ2v) is 1.94. The van der Waals surface area contributed by atoms with Crippen molar-refractivity contribution >= 4 is 11.9 Å². The molecule has 0 aliphatic heterocycles. The average molecular weight is 162 g/mol. The number of aliphatic carboxylic acids is 1. The van der Waals surface area contributed by atoms with Crippen LogP contribution < -0.4 is 11.2 Å². The van der Waals surface area contributed by atoms with E-state index in [0.29, 0.717) is 0 Å². The first-order valence-electron chi connectivity index (χ1n) is 2.93. The Balaban J connectivity index is 3.39. The number of carbonyl (C=O) groups is 2. The Hall–Kier alpha value is -1.14. The summed E-state index contributed by atoms with van der Waals surface area (Å²) in [6, 6.07) is -0.705. The molecule has 0 radical (unpaired) electrons. The van der Waals surface area contributed by atoms with E-state index in [-0.39, 0.29) is 0 Å². The molecule has 0 bridgehead atoms. The summed E-state index contributed by atoms with van der Waals surface area (Å²) >= 11 is 0. The van der Waals surface area contributed by atoms with Crippen LogP contribution in [-0.4, -0.2) is 29.6 Å². The smallest absolute Gasteiger partial charge is 0.332 e. The molecule has 6 nitrogen and oxygen atoms in total. The summed E-state index contributed by atoms with van der Waals surface area (Å²) in [6.07, 6.45) is 0. The molecule has 0 rings (SSSR count). The number of nitrogens with two attached hydrogens (primary N) is 1. The topological polar surface area (TPSA) is 102 Å². The number of hydroxylamine groups is 1. The molecular weight excluding hydrogens is 152 g/mol. The summed E-state index contributed by atoms with van der Waals surface area (Å²) in [5.41, 5.74) is 6.98. The molecule has 0 aliphatic rings. The minimum absolute atomic E-state index is 0.550. The van der Waals surface area contributed by atoms with Gasteiger partial charge in [0.15, 0.2) is 6.61 Å². The first-order valence-corrected chi connectivity index (χ1v) is 2.93. The third-order valence-corrected chi connectivity index (χ3v) is 0.782. The van der Waals surface area contributed by atoms with E-state index >= 15 is 0 Å². The van der Waals surface area contributed by atoms with Crippen LogP contribution in [0, 0.1) is 0 Å². The third-order valence-electron chi connectivity index (χ3n) is 0.782. The number of carbonyl (C=O) groups excluding carboxylic acids is 1. The minimum Gasteiger partial charge on any atom is -0.479 e. The standard InChI is InChI=1S/C5H10N2O4/c1-3(6)5(10)7-11-2-4(8)9/h3H,2,6H2,1H3,(H,7,10)(H,8,9). The van der Waals surface area contributed by atoms with Gasteiger partial charge in [-0.05, 0) is 6.92 Å². The Morgan fingerprint density at radius 1 is 1.73 bits per heavy atom. The molecule has 0 heterocycles. The summed E-state index contributed by atoms with van der Waals surface area (Å²) in [7, 11) is 0. The molecule has 11 heavy (non-hydrogen) atoms. The largest absolute Gasteiger partial charge is 0.479 e. The zero-order chi connectivity index (χ0) is 8.85. The fraction of sp³-hybridized carbons (Fsp3) is 0.600. The SMILES string of the molecule is CC(N)C(=O)NOCC(=O)O. The molecule has 0 fully saturated rings. The van der Waals surface area contributed by atoms with Crippen LogP contribution in [0.2, 0.25) is 0 Å². The van der Waals surface area contributed by atoms with Crippen molar-refractivity contribution in [1.29, 1.82) is 0 Å². The van der Waals surface area contributed by atoms with E-state index in [9.17, 15) is 9.59 Å². The van der Waals surface area contributed by atoms with Crippen LogP contribution in [0.15, 0.2) is 0 Å². The summed E-state index contributed by atoms with van der Waals surface area (Å²) in [5, 5.41) is 8.06. The van der Waals surface area contributed by atoms with Crippen molar-refractivity contribution in [3.63, 3.8) is 0 Å². The quantitative estimate of drug-likeness (QED) is 0.435. The number of hydrogen-bond acceptors (Lipinski definition) is 4. The highest BCUT2D eigenvalue weighted by atomic mass is 16.7. The van der Waals surface area contributed by atoms with E-state index in [0.717, 1.165) is 0 Å². The van der Waals surface area contributed by atoms with Crippen molar-refractivity contribution in [2.45, 2.75) is 13.0 Å². The van der Waals surface area contributed by atoms with Crippen LogP contribution in [0.25, 0.3) is 0 Å². The lowest BCUT2D eigenvalue weighted by molar-refractivity contribution is -0.149. The molecule has 1 unspecified atom stereocenters. The zero-order valence-electron chi connectivity index (χ0n) is 6.03. The molecule has 0 spiro atoms. The second kappa shape index (κ2) is 4.64. The Labute approximate surface area is 63.3 Å². The van der Waals surface area contributed by atoms with Crippen molar-refractivity contribution in [3.05, 3.63) is 0 Å². The van der Waals surface area contributed by atoms with Crippen molar-refractivity contribution in [3.8, 4) is 0 Å². The summed E-state index contributed by atoms with van der Waals surface area (Å²) < 4.78 is 0. The molecule has 0 aromatic carbocycles. The van der Waals surface area contributed by atoms with Crippen LogP contribution in [0.4, 0.5) is 0 Å². The van der Waals surface area contributed by atoms with Gasteiger partial charge < -0.3 is 10.8 Å². The highest BCUT2D eigenvalue weighted by Gasteiger charge is 2.06. The fourth-order valence-corrected chi connectivity index (χ4v) is 0.262. The van der Waals surface area contributed by atoms with E-state index in [1.165, 1.54) is 6.92 Å². The predicted molar refractivity (Wildman–Crippen MR) is 35.4 cm³/mol. The van der Waals surface area contributed by atoms with Gasteiger partial charge in [0, 0.05) is 0 Å². The number of carboxylic acids is 1. The van der Waals surface area contributed by atoms with Crippen LogP contribution in [0.3, 0.4) is 0 Å². The van der Waals surface area contributed by atoms with Gasteiger partial charge in [-0.1, -0.05) is 0 Å². The van der Waals surface area contributed by atoms with Crippen LogP contribution in [-0.2, 0) is 14.4 Å². The first kappa shape index (κ1) is 9.86. The lowest BCUT2D eigenvalue weighted by atomic mass is 10.4. The average Bonchev–Trinajstić information content (AvgIpc) is 1.86. The van der Waals surface area contributed by atoms with Gasteiger partial charge >= 0.3 is 5.97 Å². The highest BCUT2D eigenvalue weighted by Crippen LogP contribution is 1.75. The minimum atomic E-state index is -1.16. The van der Waals surface area contributed by atoms with Crippen LogP contribution >= 0.6 is 0 Å². The van der Waals surface area contributed by atoms with Gasteiger partial charge in [0.25, 0.3) is 5.91 Å². The van der Waals surface area contributed by atoms with Crippen molar-refractivity contribution < 1.29 is 19.5 Å². The lowest BCUT2D eigenvalue weighted by Gasteiger charge is -2.05. The van der Waals surface area contributed by atoms with Crippen LogP contribution in [0.5, 0.6) is 0 Å². The van der Waals surface area contributed by atoms with E-state index in [1.54, 1.807) is 0 Å². The summed E-state index contributed by atoms with van der Waals surface area (Å²) in [5.74, 6) is -1.71. The van der Waals surface area contributed by atoms with Gasteiger partial charge in [0.05, 0.1) is 6.04 Å². The maximum Gasteiger partial charge on any atom is 0.332 e. The summed E-state index contributed by atoms with van der Waals surface area (Å²) in [6.45, 7) is 0.887. The first-order chi connectivity index (χ1) is 5.04. The second-order valence-electron chi connectivity index (χ2n) is 1.94. The van der Waals surface area contributed by atoms with E-state index in [1.807, 2.05) is 5.48 Å². The molecule has 1 amide bonds. The normalized spacial score (nSPS) is 12.2. The van der Waals surface area contributed by atoms with Gasteiger partial charge in [0.1, 0.15) is 0 Å². The van der Waals surface area contributed by atoms with Gasteiger partial charge in [-0.2, -0.15) is 0 Å². The van der Waals surface area contributed by atoms with Gasteiger partial charge in [-0.3, -0.25) is 9.63 Å². The van der Waals surface area contributed by atoms with Crippen molar-refractivity contribution in [2.24, 2.45) is 5.73 Å². The maximum atomic E-state index is 10.6. The van der Waals surface area contributed by atoms with Crippen molar-refractivity contribution in [1.82, 2.24) is 5.48 Å². The lowest BCUT2D eigenvalue weighted by Crippen LogP contribution is -2.39. The molecule has 0 saturated carbocycles. The molecule has 6 heteroatoms. The molecule has 0 saturated heterocycles. The molecule has 0 aromatic rings. The van der Waals surface area contributed by atoms with Crippen LogP contribution in [0.1, 0.15) is 6.92 Å². The van der Waals surface area contributed by atoms with E-state index in [4.69, 9.17) is 10.8 Å².